The van der Waals surface area contributed by atoms with E-state index in [1.54, 1.807) is 14.2 Å². The molecular weight excluding hydrogens is 316 g/mol. The molecule has 1 heterocycles. The first kappa shape index (κ1) is 16.9. The zero-order chi connectivity index (χ0) is 17.8. The second kappa shape index (κ2) is 7.30. The van der Waals surface area contributed by atoms with Crippen LogP contribution in [-0.2, 0) is 11.2 Å². The van der Waals surface area contributed by atoms with Gasteiger partial charge in [0.15, 0.2) is 0 Å². The molecule has 0 saturated carbocycles. The van der Waals surface area contributed by atoms with Crippen molar-refractivity contribution in [3.05, 3.63) is 59.8 Å². The van der Waals surface area contributed by atoms with Crippen LogP contribution in [0.4, 0.5) is 0 Å². The van der Waals surface area contributed by atoms with Crippen LogP contribution >= 0.6 is 0 Å². The summed E-state index contributed by atoms with van der Waals surface area (Å²) in [4.78, 5) is 15.7. The van der Waals surface area contributed by atoms with Crippen molar-refractivity contribution in [2.45, 2.75) is 19.4 Å². The Morgan fingerprint density at radius 3 is 2.72 bits per heavy atom. The number of H-pyrrole nitrogens is 1. The van der Waals surface area contributed by atoms with Crippen molar-refractivity contribution in [3.63, 3.8) is 0 Å². The fraction of sp³-hybridized carbons (Fsp3) is 0.250. The largest absolute Gasteiger partial charge is 0.497 e. The van der Waals surface area contributed by atoms with Crippen LogP contribution in [0.25, 0.3) is 10.9 Å². The van der Waals surface area contributed by atoms with Gasteiger partial charge in [0.25, 0.3) is 0 Å². The van der Waals surface area contributed by atoms with E-state index in [1.165, 1.54) is 0 Å². The van der Waals surface area contributed by atoms with E-state index < -0.39 is 0 Å². The van der Waals surface area contributed by atoms with Crippen molar-refractivity contribution in [3.8, 4) is 11.5 Å². The van der Waals surface area contributed by atoms with E-state index in [1.807, 2.05) is 55.6 Å². The fourth-order valence-electron chi connectivity index (χ4n) is 3.00. The molecule has 2 aromatic carbocycles. The molecule has 5 heteroatoms. The Balaban J connectivity index is 1.74. The number of amides is 1. The molecule has 3 aromatic rings. The van der Waals surface area contributed by atoms with Crippen molar-refractivity contribution in [2.24, 2.45) is 0 Å². The molecule has 2 N–H and O–H groups in total. The van der Waals surface area contributed by atoms with Crippen LogP contribution in [0, 0.1) is 0 Å². The average Bonchev–Trinajstić information content (AvgIpc) is 3.04. The predicted molar refractivity (Wildman–Crippen MR) is 98.1 cm³/mol. The lowest BCUT2D eigenvalue weighted by atomic mass is 10.1. The molecule has 1 atom stereocenters. The maximum Gasteiger partial charge on any atom is 0.224 e. The van der Waals surface area contributed by atoms with Gasteiger partial charge in [-0.25, -0.2) is 0 Å². The molecule has 0 radical (unpaired) electrons. The number of hydrogen-bond donors (Lipinski definition) is 2. The summed E-state index contributed by atoms with van der Waals surface area (Å²) in [5, 5.41) is 4.11. The van der Waals surface area contributed by atoms with Gasteiger partial charge in [-0.15, -0.1) is 0 Å². The van der Waals surface area contributed by atoms with E-state index >= 15 is 0 Å². The molecule has 0 saturated heterocycles. The molecule has 0 aliphatic carbocycles. The molecule has 1 amide bonds. The molecule has 1 aromatic heterocycles. The number of hydrogen-bond acceptors (Lipinski definition) is 3. The van der Waals surface area contributed by atoms with E-state index in [2.05, 4.69) is 10.3 Å². The Kier molecular flexibility index (Phi) is 4.93. The number of rotatable bonds is 6. The highest BCUT2D eigenvalue weighted by Gasteiger charge is 2.16. The van der Waals surface area contributed by atoms with Gasteiger partial charge in [-0.1, -0.05) is 18.2 Å². The van der Waals surface area contributed by atoms with Crippen molar-refractivity contribution < 1.29 is 14.3 Å². The predicted octanol–water partition coefficient (Wildman–Crippen LogP) is 3.61. The maximum atomic E-state index is 12.5. The quantitative estimate of drug-likeness (QED) is 0.722. The number of benzene rings is 2. The minimum Gasteiger partial charge on any atom is -0.497 e. The monoisotopic (exact) mass is 338 g/mol. The van der Waals surface area contributed by atoms with Gasteiger partial charge in [-0.3, -0.25) is 4.79 Å². The van der Waals surface area contributed by atoms with Crippen molar-refractivity contribution in [1.82, 2.24) is 10.3 Å². The van der Waals surface area contributed by atoms with Gasteiger partial charge < -0.3 is 19.8 Å². The average molecular weight is 338 g/mol. The van der Waals surface area contributed by atoms with Crippen LogP contribution in [0.2, 0.25) is 0 Å². The summed E-state index contributed by atoms with van der Waals surface area (Å²) in [7, 11) is 3.23. The summed E-state index contributed by atoms with van der Waals surface area (Å²) in [6.07, 6.45) is 2.21. The number of aromatic amines is 1. The standard InChI is InChI=1S/C20H22N2O3/c1-13(17-11-15(24-2)8-9-19(17)25-3)22-20(23)10-14-12-21-18-7-5-4-6-16(14)18/h4-9,11-13,21H,10H2,1-3H3,(H,22,23)/t13-/m0/s1. The van der Waals surface area contributed by atoms with Gasteiger partial charge in [0.2, 0.25) is 5.91 Å². The minimum absolute atomic E-state index is 0.0397. The van der Waals surface area contributed by atoms with E-state index in [0.29, 0.717) is 6.42 Å². The first-order valence-electron chi connectivity index (χ1n) is 8.18. The number of methoxy groups -OCH3 is 2. The lowest BCUT2D eigenvalue weighted by molar-refractivity contribution is -0.121. The highest BCUT2D eigenvalue weighted by atomic mass is 16.5. The van der Waals surface area contributed by atoms with E-state index in [4.69, 9.17) is 9.47 Å². The second-order valence-electron chi connectivity index (χ2n) is 5.93. The van der Waals surface area contributed by atoms with Crippen LogP contribution < -0.4 is 14.8 Å². The number of ether oxygens (including phenoxy) is 2. The third kappa shape index (κ3) is 3.60. The molecule has 130 valence electrons. The van der Waals surface area contributed by atoms with Crippen LogP contribution in [0.3, 0.4) is 0 Å². The minimum atomic E-state index is -0.192. The smallest absolute Gasteiger partial charge is 0.224 e. The molecule has 0 bridgehead atoms. The number of carbonyl (C=O) groups excluding carboxylic acids is 1. The number of aromatic nitrogens is 1. The first-order chi connectivity index (χ1) is 12.1. The summed E-state index contributed by atoms with van der Waals surface area (Å²) < 4.78 is 10.7. The maximum absolute atomic E-state index is 12.5. The van der Waals surface area contributed by atoms with Gasteiger partial charge in [-0.2, -0.15) is 0 Å². The number of fused-ring (bicyclic) bond motifs is 1. The normalized spacial score (nSPS) is 12.0. The Morgan fingerprint density at radius 1 is 1.16 bits per heavy atom. The zero-order valence-electron chi connectivity index (χ0n) is 14.6. The van der Waals surface area contributed by atoms with Gasteiger partial charge >= 0.3 is 0 Å². The Hall–Kier alpha value is -2.95. The van der Waals surface area contributed by atoms with Gasteiger partial charge in [0.1, 0.15) is 11.5 Å². The molecule has 25 heavy (non-hydrogen) atoms. The van der Waals surface area contributed by atoms with E-state index in [0.717, 1.165) is 33.5 Å². The summed E-state index contributed by atoms with van der Waals surface area (Å²) in [5.41, 5.74) is 2.90. The third-order valence-corrected chi connectivity index (χ3v) is 4.31. The first-order valence-corrected chi connectivity index (χ1v) is 8.18. The highest BCUT2D eigenvalue weighted by Crippen LogP contribution is 2.29. The summed E-state index contributed by atoms with van der Waals surface area (Å²) in [5.74, 6) is 1.41. The molecule has 5 nitrogen and oxygen atoms in total. The van der Waals surface area contributed by atoms with Crippen molar-refractivity contribution >= 4 is 16.8 Å². The Bertz CT molecular complexity index is 886. The number of carbonyl (C=O) groups is 1. The summed E-state index contributed by atoms with van der Waals surface area (Å²) >= 11 is 0. The SMILES string of the molecule is COc1ccc(OC)c([C@H](C)NC(=O)Cc2c[nH]c3ccccc23)c1. The molecule has 3 rings (SSSR count). The lowest BCUT2D eigenvalue weighted by Crippen LogP contribution is -2.28. The van der Waals surface area contributed by atoms with Gasteiger partial charge in [0.05, 0.1) is 26.7 Å². The zero-order valence-corrected chi connectivity index (χ0v) is 14.6. The molecular formula is C20H22N2O3. The topological polar surface area (TPSA) is 63.4 Å². The number of para-hydroxylation sites is 1. The van der Waals surface area contributed by atoms with Crippen LogP contribution in [-0.4, -0.2) is 25.1 Å². The molecule has 0 unspecified atom stereocenters. The number of nitrogens with one attached hydrogen (secondary N) is 2. The van der Waals surface area contributed by atoms with Crippen LogP contribution in [0.5, 0.6) is 11.5 Å². The Labute approximate surface area is 147 Å². The van der Waals surface area contributed by atoms with Crippen LogP contribution in [0.1, 0.15) is 24.1 Å². The van der Waals surface area contributed by atoms with Gasteiger partial charge in [0, 0.05) is 22.7 Å². The van der Waals surface area contributed by atoms with E-state index in [9.17, 15) is 4.79 Å². The fourth-order valence-corrected chi connectivity index (χ4v) is 3.00. The molecule has 0 spiro atoms. The third-order valence-electron chi connectivity index (χ3n) is 4.31. The molecule has 0 fully saturated rings. The highest BCUT2D eigenvalue weighted by molar-refractivity contribution is 5.89. The second-order valence-corrected chi connectivity index (χ2v) is 5.93. The lowest BCUT2D eigenvalue weighted by Gasteiger charge is -2.18. The molecule has 0 aliphatic heterocycles. The van der Waals surface area contributed by atoms with Crippen LogP contribution in [0.15, 0.2) is 48.7 Å². The molecule has 0 aliphatic rings. The summed E-state index contributed by atoms with van der Waals surface area (Å²) in [6, 6.07) is 13.3. The van der Waals surface area contributed by atoms with E-state index in [-0.39, 0.29) is 11.9 Å². The summed E-state index contributed by atoms with van der Waals surface area (Å²) in [6.45, 7) is 1.93. The van der Waals surface area contributed by atoms with Gasteiger partial charge in [-0.05, 0) is 36.8 Å². The van der Waals surface area contributed by atoms with Crippen molar-refractivity contribution in [2.75, 3.05) is 14.2 Å². The Morgan fingerprint density at radius 2 is 1.96 bits per heavy atom. The van der Waals surface area contributed by atoms with Crippen molar-refractivity contribution in [1.29, 1.82) is 0 Å².